The van der Waals surface area contributed by atoms with Gasteiger partial charge in [-0.3, -0.25) is 24.0 Å². The van der Waals surface area contributed by atoms with Crippen molar-refractivity contribution in [3.8, 4) is 5.75 Å². The Morgan fingerprint density at radius 2 is 1.48 bits per heavy atom. The average Bonchev–Trinajstić information content (AvgIpc) is 2.85. The van der Waals surface area contributed by atoms with E-state index < -0.39 is 63.1 Å². The van der Waals surface area contributed by atoms with E-state index in [1.165, 1.54) is 0 Å². The van der Waals surface area contributed by atoms with E-state index in [1.807, 2.05) is 6.92 Å². The highest BCUT2D eigenvalue weighted by Crippen LogP contribution is 2.64. The number of Topliss-reactive ketones (excluding diaryl/α,β-unsaturated/α-hetero) is 5. The van der Waals surface area contributed by atoms with Crippen LogP contribution in [-0.2, 0) is 32.0 Å². The number of aliphatic hydroxyl groups is 1. The molecule has 4 aliphatic rings. The summed E-state index contributed by atoms with van der Waals surface area (Å²) in [5, 5.41) is 24.2. The third kappa shape index (κ3) is 4.88. The Labute approximate surface area is 274 Å². The molecule has 3 fully saturated rings. The van der Waals surface area contributed by atoms with Crippen molar-refractivity contribution in [1.82, 2.24) is 0 Å². The van der Waals surface area contributed by atoms with E-state index in [9.17, 15) is 34.2 Å². The van der Waals surface area contributed by atoms with Gasteiger partial charge in [-0.1, -0.05) is 75.3 Å². The van der Waals surface area contributed by atoms with Crippen LogP contribution in [0.1, 0.15) is 135 Å². The maximum atomic E-state index is 14.7. The van der Waals surface area contributed by atoms with Crippen LogP contribution in [-0.4, -0.2) is 44.7 Å². The second kappa shape index (κ2) is 10.7. The Morgan fingerprint density at radius 1 is 0.913 bits per heavy atom. The summed E-state index contributed by atoms with van der Waals surface area (Å²) in [5.41, 5.74) is -2.44. The Bertz CT molecular complexity index is 1530. The third-order valence-electron chi connectivity index (χ3n) is 12.3. The van der Waals surface area contributed by atoms with Gasteiger partial charge in [0.15, 0.2) is 28.7 Å². The van der Waals surface area contributed by atoms with Crippen LogP contribution in [0.2, 0.25) is 0 Å². The lowest BCUT2D eigenvalue weighted by Crippen LogP contribution is -2.76. The van der Waals surface area contributed by atoms with Gasteiger partial charge >= 0.3 is 0 Å². The van der Waals surface area contributed by atoms with Gasteiger partial charge in [-0.15, -0.1) is 0 Å². The van der Waals surface area contributed by atoms with Gasteiger partial charge in [0.1, 0.15) is 17.5 Å². The van der Waals surface area contributed by atoms with Gasteiger partial charge in [-0.25, -0.2) is 0 Å². The van der Waals surface area contributed by atoms with Crippen molar-refractivity contribution in [2.24, 2.45) is 51.2 Å². The molecule has 3 unspecified atom stereocenters. The Hall–Kier alpha value is -2.67. The van der Waals surface area contributed by atoms with E-state index in [1.54, 1.807) is 20.8 Å². The van der Waals surface area contributed by atoms with Crippen LogP contribution in [0.3, 0.4) is 0 Å². The number of carbonyl (C=O) groups is 5. The van der Waals surface area contributed by atoms with Crippen molar-refractivity contribution >= 4 is 28.9 Å². The molecule has 4 aliphatic carbocycles. The van der Waals surface area contributed by atoms with Crippen molar-refractivity contribution in [2.45, 2.75) is 126 Å². The van der Waals surface area contributed by atoms with E-state index in [2.05, 4.69) is 47.6 Å². The second-order valence-corrected chi connectivity index (χ2v) is 18.3. The first-order valence-electron chi connectivity index (χ1n) is 17.2. The zero-order chi connectivity index (χ0) is 34.7. The largest absolute Gasteiger partial charge is 0.507 e. The fourth-order valence-electron chi connectivity index (χ4n) is 11.5. The first kappa shape index (κ1) is 34.7. The van der Waals surface area contributed by atoms with Crippen LogP contribution in [0, 0.1) is 51.2 Å². The molecule has 0 amide bonds. The van der Waals surface area contributed by atoms with Crippen LogP contribution in [0.5, 0.6) is 5.75 Å². The molecule has 3 saturated carbocycles. The fourth-order valence-corrected chi connectivity index (χ4v) is 11.5. The quantitative estimate of drug-likeness (QED) is 0.349. The zero-order valence-corrected chi connectivity index (χ0v) is 29.7. The van der Waals surface area contributed by atoms with Gasteiger partial charge in [0.25, 0.3) is 0 Å². The number of phenols is 1. The summed E-state index contributed by atoms with van der Waals surface area (Å²) < 4.78 is 0. The van der Waals surface area contributed by atoms with Crippen molar-refractivity contribution < 1.29 is 34.2 Å². The van der Waals surface area contributed by atoms with E-state index in [0.29, 0.717) is 23.5 Å². The predicted octanol–water partition coefficient (Wildman–Crippen LogP) is 6.61. The minimum atomic E-state index is -2.68. The fraction of sp³-hybridized carbons (Fsp3) is 0.718. The lowest BCUT2D eigenvalue weighted by molar-refractivity contribution is -0.205. The number of benzene rings is 1. The molecule has 0 heterocycles. The Kier molecular flexibility index (Phi) is 8.04. The smallest absolute Gasteiger partial charge is 0.190 e. The second-order valence-electron chi connectivity index (χ2n) is 18.3. The number of hydrogen-bond acceptors (Lipinski definition) is 7. The Morgan fingerprint density at radius 3 is 1.98 bits per heavy atom. The normalized spacial score (nSPS) is 35.7. The summed E-state index contributed by atoms with van der Waals surface area (Å²) in [4.78, 5) is 69.8. The van der Waals surface area contributed by atoms with Gasteiger partial charge in [-0.2, -0.15) is 0 Å². The lowest BCUT2D eigenvalue weighted by atomic mass is 9.39. The monoisotopic (exact) mass is 634 g/mol. The van der Waals surface area contributed by atoms with Crippen LogP contribution in [0.15, 0.2) is 6.07 Å². The zero-order valence-electron chi connectivity index (χ0n) is 29.7. The molecule has 6 atom stereocenters. The molecule has 0 aromatic heterocycles. The summed E-state index contributed by atoms with van der Waals surface area (Å²) in [7, 11) is 0. The van der Waals surface area contributed by atoms with Crippen LogP contribution in [0.4, 0.5) is 0 Å². The van der Waals surface area contributed by atoms with E-state index in [-0.39, 0.29) is 46.8 Å². The highest BCUT2D eigenvalue weighted by Gasteiger charge is 2.76. The lowest BCUT2D eigenvalue weighted by Gasteiger charge is -2.62. The molecular formula is C39H54O7. The van der Waals surface area contributed by atoms with Gasteiger partial charge in [-0.05, 0) is 96.1 Å². The Balaban J connectivity index is 1.67. The maximum absolute atomic E-state index is 14.7. The maximum Gasteiger partial charge on any atom is 0.190 e. The number of ketones is 5. The van der Waals surface area contributed by atoms with Crippen molar-refractivity contribution in [2.75, 3.05) is 0 Å². The standard InChI is InChI=1S/C39H54O7/c1-19(2)24-13-23(12-22-14-35(6,7)17-36(8,9)15-22)30(41)27-25(24)16-37(10)18-38(11)28(20(3)4)31(42)26(21(5)40)33(44)39(38,46)34(45)29(37)32(27)43/h13,19-20,22,26,28-29,41,46H,12,14-18H2,1-11H3/t26?,28?,29?,37-,38-,39+/m1/s1. The molecule has 0 bridgehead atoms. The molecule has 2 N–H and O–H groups in total. The molecule has 0 aliphatic heterocycles. The minimum Gasteiger partial charge on any atom is -0.507 e. The number of rotatable bonds is 5. The molecule has 0 saturated heterocycles. The summed E-state index contributed by atoms with van der Waals surface area (Å²) in [6.45, 7) is 21.4. The number of fused-ring (bicyclic) bond motifs is 3. The van der Waals surface area contributed by atoms with Crippen LogP contribution >= 0.6 is 0 Å². The number of carbonyl (C=O) groups excluding carboxylic acids is 5. The highest BCUT2D eigenvalue weighted by atomic mass is 16.3. The molecular weight excluding hydrogens is 580 g/mol. The molecule has 7 nitrogen and oxygen atoms in total. The molecule has 1 aromatic rings. The van der Waals surface area contributed by atoms with Gasteiger partial charge < -0.3 is 10.2 Å². The molecule has 5 rings (SSSR count). The number of phenolic OH excluding ortho intramolecular Hbond substituents is 1. The number of hydrogen-bond donors (Lipinski definition) is 2. The summed E-state index contributed by atoms with van der Waals surface area (Å²) in [5.74, 6) is -8.13. The molecule has 0 spiro atoms. The summed E-state index contributed by atoms with van der Waals surface area (Å²) >= 11 is 0. The SMILES string of the molecule is CC(=O)C1C(=O)C(C(C)C)[C@@]2(C)C[C@@]3(C)Cc4c(C(C)C)cc(CC5CC(C)(C)CC(C)(C)C5)c(O)c4C(=O)C3C(=O)[C@@]2(O)C1=O. The van der Waals surface area contributed by atoms with E-state index >= 15 is 0 Å². The van der Waals surface area contributed by atoms with Crippen molar-refractivity contribution in [3.05, 3.63) is 28.3 Å². The van der Waals surface area contributed by atoms with E-state index in [4.69, 9.17) is 0 Å². The van der Waals surface area contributed by atoms with Crippen molar-refractivity contribution in [1.29, 1.82) is 0 Å². The molecule has 1 aromatic carbocycles. The summed E-state index contributed by atoms with van der Waals surface area (Å²) in [6.07, 6.45) is 4.06. The average molecular weight is 635 g/mol. The van der Waals surface area contributed by atoms with Gasteiger partial charge in [0, 0.05) is 11.3 Å². The first-order valence-corrected chi connectivity index (χ1v) is 17.2. The molecule has 0 radical (unpaired) electrons. The summed E-state index contributed by atoms with van der Waals surface area (Å²) in [6, 6.07) is 2.05. The van der Waals surface area contributed by atoms with E-state index in [0.717, 1.165) is 31.7 Å². The first-order chi connectivity index (χ1) is 20.9. The van der Waals surface area contributed by atoms with Crippen molar-refractivity contribution in [3.63, 3.8) is 0 Å². The number of aromatic hydroxyl groups is 1. The van der Waals surface area contributed by atoms with Crippen LogP contribution < -0.4 is 0 Å². The van der Waals surface area contributed by atoms with Crippen LogP contribution in [0.25, 0.3) is 0 Å². The third-order valence-corrected chi connectivity index (χ3v) is 12.3. The highest BCUT2D eigenvalue weighted by molar-refractivity contribution is 6.32. The molecule has 7 heteroatoms. The molecule has 46 heavy (non-hydrogen) atoms. The predicted molar refractivity (Wildman–Crippen MR) is 176 cm³/mol. The molecule has 252 valence electrons. The van der Waals surface area contributed by atoms with Gasteiger partial charge in [0.05, 0.1) is 11.5 Å². The van der Waals surface area contributed by atoms with Gasteiger partial charge in [0.2, 0.25) is 0 Å². The topological polar surface area (TPSA) is 126 Å². The minimum absolute atomic E-state index is 0.0321.